The fourth-order valence-electron chi connectivity index (χ4n) is 2.71. The number of nitrogens with zero attached hydrogens (tertiary/aromatic N) is 1. The average Bonchev–Trinajstić information content (AvgIpc) is 3.02. The van der Waals surface area contributed by atoms with Crippen LogP contribution in [0.25, 0.3) is 0 Å². The van der Waals surface area contributed by atoms with Gasteiger partial charge in [0.25, 0.3) is 0 Å². The lowest BCUT2D eigenvalue weighted by atomic mass is 10.2. The van der Waals surface area contributed by atoms with Crippen molar-refractivity contribution in [1.29, 1.82) is 0 Å². The summed E-state index contributed by atoms with van der Waals surface area (Å²) in [6.07, 6.45) is 0.697. The highest BCUT2D eigenvalue weighted by molar-refractivity contribution is 5.73. The number of nitrogens with one attached hydrogen (secondary N) is 2. The van der Waals surface area contributed by atoms with E-state index in [4.69, 9.17) is 14.2 Å². The van der Waals surface area contributed by atoms with Crippen molar-refractivity contribution in [3.8, 4) is 17.2 Å². The first kappa shape index (κ1) is 18.8. The molecule has 0 fully saturated rings. The first-order chi connectivity index (χ1) is 13.0. The number of benzene rings is 1. The zero-order chi connectivity index (χ0) is 19.4. The number of ether oxygens (including phenoxy) is 3. The lowest BCUT2D eigenvalue weighted by molar-refractivity contribution is -0.119. The molecule has 3 rings (SSSR count). The topological polar surface area (TPSA) is 81.7 Å². The highest BCUT2D eigenvalue weighted by Gasteiger charge is 2.28. The van der Waals surface area contributed by atoms with Crippen LogP contribution in [0.2, 0.25) is 0 Å². The maximum Gasteiger partial charge on any atom is 0.217 e. The van der Waals surface area contributed by atoms with E-state index in [2.05, 4.69) is 15.6 Å². The standard InChI is InChI=1S/C19H22FN3O4/c1-4-25-13-5-6-16-17(8-13)27-19(23-16)18-15(20)7-14(9-21-18)26-10-11(2)22-12(3)24/h5-9,11,19,23H,4,10H2,1-3H3,(H,22,24)/t11-,19?/m0/s1. The molecule has 1 aromatic carbocycles. The molecular weight excluding hydrogens is 353 g/mol. The van der Waals surface area contributed by atoms with Crippen LogP contribution in [0.15, 0.2) is 30.5 Å². The molecule has 2 aromatic rings. The quantitative estimate of drug-likeness (QED) is 0.774. The number of fused-ring (bicyclic) bond motifs is 1. The van der Waals surface area contributed by atoms with Gasteiger partial charge in [0.2, 0.25) is 12.1 Å². The molecule has 1 unspecified atom stereocenters. The van der Waals surface area contributed by atoms with Crippen LogP contribution in [0, 0.1) is 5.82 Å². The second kappa shape index (κ2) is 8.11. The van der Waals surface area contributed by atoms with Gasteiger partial charge in [0.05, 0.1) is 24.5 Å². The minimum absolute atomic E-state index is 0.131. The van der Waals surface area contributed by atoms with Gasteiger partial charge in [-0.3, -0.25) is 4.79 Å². The Hall–Kier alpha value is -3.03. The van der Waals surface area contributed by atoms with Gasteiger partial charge in [0, 0.05) is 19.1 Å². The highest BCUT2D eigenvalue weighted by Crippen LogP contribution is 2.40. The highest BCUT2D eigenvalue weighted by atomic mass is 19.1. The van der Waals surface area contributed by atoms with Crippen molar-refractivity contribution in [3.63, 3.8) is 0 Å². The summed E-state index contributed by atoms with van der Waals surface area (Å²) in [4.78, 5) is 15.1. The number of carbonyl (C=O) groups is 1. The largest absolute Gasteiger partial charge is 0.494 e. The zero-order valence-corrected chi connectivity index (χ0v) is 15.4. The van der Waals surface area contributed by atoms with Crippen LogP contribution >= 0.6 is 0 Å². The number of hydrogen-bond acceptors (Lipinski definition) is 6. The molecule has 1 amide bonds. The van der Waals surface area contributed by atoms with Crippen LogP contribution in [0.1, 0.15) is 32.7 Å². The number of anilines is 1. The normalized spacial score (nSPS) is 15.9. The summed E-state index contributed by atoms with van der Waals surface area (Å²) in [7, 11) is 0. The van der Waals surface area contributed by atoms with Crippen molar-refractivity contribution in [3.05, 3.63) is 42.0 Å². The molecule has 27 heavy (non-hydrogen) atoms. The molecule has 0 saturated heterocycles. The maximum atomic E-state index is 14.5. The van der Waals surface area contributed by atoms with E-state index in [0.29, 0.717) is 18.1 Å². The van der Waals surface area contributed by atoms with E-state index >= 15 is 0 Å². The predicted molar refractivity (Wildman–Crippen MR) is 97.6 cm³/mol. The fraction of sp³-hybridized carbons (Fsp3) is 0.368. The van der Waals surface area contributed by atoms with Crippen LogP contribution in [0.5, 0.6) is 17.2 Å². The molecule has 144 valence electrons. The Morgan fingerprint density at radius 2 is 2.19 bits per heavy atom. The maximum absolute atomic E-state index is 14.5. The summed E-state index contributed by atoms with van der Waals surface area (Å²) in [5.74, 6) is 0.848. The van der Waals surface area contributed by atoms with Gasteiger partial charge in [0.15, 0.2) is 5.82 Å². The SMILES string of the molecule is CCOc1ccc2c(c1)OC(c1ncc(OC[C@H](C)NC(C)=O)cc1F)N2. The van der Waals surface area contributed by atoms with Crippen molar-refractivity contribution in [2.75, 3.05) is 18.5 Å². The third kappa shape index (κ3) is 4.58. The molecule has 8 heteroatoms. The fourth-order valence-corrected chi connectivity index (χ4v) is 2.71. The molecule has 0 saturated carbocycles. The molecular formula is C19H22FN3O4. The molecule has 2 heterocycles. The number of amides is 1. The van der Waals surface area contributed by atoms with E-state index in [1.807, 2.05) is 19.1 Å². The first-order valence-corrected chi connectivity index (χ1v) is 8.71. The lowest BCUT2D eigenvalue weighted by Gasteiger charge is -2.15. The summed E-state index contributed by atoms with van der Waals surface area (Å²) in [5, 5.41) is 5.77. The number of aromatic nitrogens is 1. The van der Waals surface area contributed by atoms with E-state index in [1.165, 1.54) is 19.2 Å². The first-order valence-electron chi connectivity index (χ1n) is 8.71. The Bertz CT molecular complexity index is 831. The van der Waals surface area contributed by atoms with Gasteiger partial charge in [-0.15, -0.1) is 0 Å². The minimum atomic E-state index is -0.732. The number of hydrogen-bond donors (Lipinski definition) is 2. The van der Waals surface area contributed by atoms with Gasteiger partial charge in [-0.1, -0.05) is 0 Å². The molecule has 0 spiro atoms. The molecule has 1 aromatic heterocycles. The summed E-state index contributed by atoms with van der Waals surface area (Å²) in [6.45, 7) is 5.88. The van der Waals surface area contributed by atoms with Crippen molar-refractivity contribution < 1.29 is 23.4 Å². The second-order valence-corrected chi connectivity index (χ2v) is 6.18. The van der Waals surface area contributed by atoms with Gasteiger partial charge in [-0.25, -0.2) is 9.37 Å². The summed E-state index contributed by atoms with van der Waals surface area (Å²) < 4.78 is 31.2. The lowest BCUT2D eigenvalue weighted by Crippen LogP contribution is -2.35. The van der Waals surface area contributed by atoms with Crippen molar-refractivity contribution in [1.82, 2.24) is 10.3 Å². The van der Waals surface area contributed by atoms with E-state index in [1.54, 1.807) is 13.0 Å². The van der Waals surface area contributed by atoms with Crippen LogP contribution in [0.4, 0.5) is 10.1 Å². The van der Waals surface area contributed by atoms with Crippen molar-refractivity contribution in [2.24, 2.45) is 0 Å². The Morgan fingerprint density at radius 1 is 1.37 bits per heavy atom. The van der Waals surface area contributed by atoms with Gasteiger partial charge >= 0.3 is 0 Å². The minimum Gasteiger partial charge on any atom is -0.494 e. The molecule has 0 aliphatic carbocycles. The van der Waals surface area contributed by atoms with Crippen LogP contribution in [-0.2, 0) is 4.79 Å². The summed E-state index contributed by atoms with van der Waals surface area (Å²) in [6, 6.07) is 6.45. The van der Waals surface area contributed by atoms with Crippen LogP contribution in [0.3, 0.4) is 0 Å². The molecule has 2 atom stereocenters. The van der Waals surface area contributed by atoms with Gasteiger partial charge in [-0.2, -0.15) is 0 Å². The van der Waals surface area contributed by atoms with Gasteiger partial charge < -0.3 is 24.8 Å². The smallest absolute Gasteiger partial charge is 0.217 e. The Labute approximate surface area is 156 Å². The summed E-state index contributed by atoms with van der Waals surface area (Å²) in [5.41, 5.74) is 0.875. The Balaban J connectivity index is 1.65. The zero-order valence-electron chi connectivity index (χ0n) is 15.4. The van der Waals surface area contributed by atoms with Crippen LogP contribution < -0.4 is 24.8 Å². The molecule has 0 radical (unpaired) electrons. The third-order valence-electron chi connectivity index (χ3n) is 3.84. The number of halogens is 1. The molecule has 1 aliphatic heterocycles. The average molecular weight is 375 g/mol. The third-order valence-corrected chi connectivity index (χ3v) is 3.84. The second-order valence-electron chi connectivity index (χ2n) is 6.18. The van der Waals surface area contributed by atoms with Crippen molar-refractivity contribution >= 4 is 11.6 Å². The van der Waals surface area contributed by atoms with E-state index in [0.717, 1.165) is 5.69 Å². The van der Waals surface area contributed by atoms with Crippen molar-refractivity contribution in [2.45, 2.75) is 33.0 Å². The number of carbonyl (C=O) groups excluding carboxylic acids is 1. The molecule has 0 bridgehead atoms. The van der Waals surface area contributed by atoms with Gasteiger partial charge in [0.1, 0.15) is 29.5 Å². The van der Waals surface area contributed by atoms with E-state index in [-0.39, 0.29) is 30.0 Å². The molecule has 7 nitrogen and oxygen atoms in total. The van der Waals surface area contributed by atoms with E-state index < -0.39 is 12.0 Å². The Kier molecular flexibility index (Phi) is 5.63. The Morgan fingerprint density at radius 3 is 2.89 bits per heavy atom. The van der Waals surface area contributed by atoms with Gasteiger partial charge in [-0.05, 0) is 26.0 Å². The summed E-state index contributed by atoms with van der Waals surface area (Å²) >= 11 is 0. The van der Waals surface area contributed by atoms with E-state index in [9.17, 15) is 9.18 Å². The molecule has 2 N–H and O–H groups in total. The molecule has 1 aliphatic rings. The monoisotopic (exact) mass is 375 g/mol. The number of pyridine rings is 1. The number of rotatable bonds is 7. The van der Waals surface area contributed by atoms with Crippen LogP contribution in [-0.4, -0.2) is 30.1 Å². The predicted octanol–water partition coefficient (Wildman–Crippen LogP) is 3.03.